The highest BCUT2D eigenvalue weighted by Gasteiger charge is 2.26. The van der Waals surface area contributed by atoms with Gasteiger partial charge in [-0.2, -0.15) is 0 Å². The molecule has 1 atom stereocenters. The summed E-state index contributed by atoms with van der Waals surface area (Å²) < 4.78 is 5.66. The van der Waals surface area contributed by atoms with Crippen LogP contribution in [0.25, 0.3) is 0 Å². The molecule has 2 rings (SSSR count). The van der Waals surface area contributed by atoms with Gasteiger partial charge in [0.25, 0.3) is 0 Å². The first-order valence-corrected chi connectivity index (χ1v) is 7.20. The van der Waals surface area contributed by atoms with Crippen LogP contribution in [-0.2, 0) is 4.79 Å². The number of carbonyl (C=O) groups is 1. The van der Waals surface area contributed by atoms with Crippen LogP contribution < -0.4 is 4.74 Å². The van der Waals surface area contributed by atoms with Crippen molar-refractivity contribution < 1.29 is 9.53 Å². The standard InChI is InChI=1S/C16H23NO2/c1-3-11-19-14-8-6-7-13(12-14)15-9-4-5-10-17(2)16(15)18/h6-8,12,15H,3-5,9-11H2,1-2H3/t15-/m0/s1. The summed E-state index contributed by atoms with van der Waals surface area (Å²) in [6, 6.07) is 8.01. The third-order valence-corrected chi connectivity index (χ3v) is 3.64. The van der Waals surface area contributed by atoms with Crippen LogP contribution in [0.15, 0.2) is 24.3 Å². The molecule has 0 spiro atoms. The summed E-state index contributed by atoms with van der Waals surface area (Å²) in [6.45, 7) is 3.69. The Hall–Kier alpha value is -1.51. The summed E-state index contributed by atoms with van der Waals surface area (Å²) in [5.41, 5.74) is 1.09. The van der Waals surface area contributed by atoms with Crippen molar-refractivity contribution in [2.45, 2.75) is 38.5 Å². The van der Waals surface area contributed by atoms with Crippen LogP contribution in [0.4, 0.5) is 0 Å². The number of rotatable bonds is 4. The van der Waals surface area contributed by atoms with Gasteiger partial charge in [-0.1, -0.05) is 25.5 Å². The summed E-state index contributed by atoms with van der Waals surface area (Å²) in [7, 11) is 1.90. The molecule has 0 bridgehead atoms. The molecular formula is C16H23NO2. The minimum Gasteiger partial charge on any atom is -0.494 e. The van der Waals surface area contributed by atoms with Crippen molar-refractivity contribution in [1.29, 1.82) is 0 Å². The van der Waals surface area contributed by atoms with E-state index in [2.05, 4.69) is 6.92 Å². The molecule has 0 unspecified atom stereocenters. The van der Waals surface area contributed by atoms with Crippen LogP contribution in [0.5, 0.6) is 5.75 Å². The first-order valence-electron chi connectivity index (χ1n) is 7.20. The van der Waals surface area contributed by atoms with Crippen molar-refractivity contribution in [2.75, 3.05) is 20.2 Å². The quantitative estimate of drug-likeness (QED) is 0.833. The molecule has 0 radical (unpaired) electrons. The van der Waals surface area contributed by atoms with Gasteiger partial charge in [0.05, 0.1) is 12.5 Å². The van der Waals surface area contributed by atoms with Crippen LogP contribution in [0, 0.1) is 0 Å². The first kappa shape index (κ1) is 13.9. The van der Waals surface area contributed by atoms with Crippen LogP contribution in [0.2, 0.25) is 0 Å². The van der Waals surface area contributed by atoms with E-state index in [1.54, 1.807) is 0 Å². The minimum absolute atomic E-state index is 0.00215. The van der Waals surface area contributed by atoms with Gasteiger partial charge in [0.15, 0.2) is 0 Å². The molecule has 0 N–H and O–H groups in total. The number of benzene rings is 1. The van der Waals surface area contributed by atoms with E-state index >= 15 is 0 Å². The molecule has 1 aromatic rings. The van der Waals surface area contributed by atoms with Gasteiger partial charge in [-0.15, -0.1) is 0 Å². The number of hydrogen-bond acceptors (Lipinski definition) is 2. The Morgan fingerprint density at radius 1 is 1.37 bits per heavy atom. The van der Waals surface area contributed by atoms with Crippen LogP contribution in [-0.4, -0.2) is 31.0 Å². The fraction of sp³-hybridized carbons (Fsp3) is 0.562. The molecule has 1 aliphatic heterocycles. The summed E-state index contributed by atoms with van der Waals surface area (Å²) >= 11 is 0. The monoisotopic (exact) mass is 261 g/mol. The Bertz CT molecular complexity index is 431. The zero-order chi connectivity index (χ0) is 13.7. The molecule has 1 fully saturated rings. The number of likely N-dealkylation sites (N-methyl/N-ethyl adjacent to an activating group) is 1. The number of nitrogens with zero attached hydrogens (tertiary/aromatic N) is 1. The van der Waals surface area contributed by atoms with E-state index in [-0.39, 0.29) is 11.8 Å². The lowest BCUT2D eigenvalue weighted by molar-refractivity contribution is -0.130. The highest BCUT2D eigenvalue weighted by atomic mass is 16.5. The lowest BCUT2D eigenvalue weighted by Gasteiger charge is -2.20. The average Bonchev–Trinajstić information content (AvgIpc) is 2.60. The van der Waals surface area contributed by atoms with Gasteiger partial charge in [0.1, 0.15) is 5.75 Å². The zero-order valence-electron chi connectivity index (χ0n) is 11.9. The Morgan fingerprint density at radius 3 is 3.00 bits per heavy atom. The average molecular weight is 261 g/mol. The molecule has 1 saturated heterocycles. The highest BCUT2D eigenvalue weighted by Crippen LogP contribution is 2.29. The van der Waals surface area contributed by atoms with Crippen molar-refractivity contribution in [2.24, 2.45) is 0 Å². The lowest BCUT2D eigenvalue weighted by Crippen LogP contribution is -2.30. The van der Waals surface area contributed by atoms with Gasteiger partial charge in [-0.3, -0.25) is 4.79 Å². The fourth-order valence-corrected chi connectivity index (χ4v) is 2.55. The molecule has 3 nitrogen and oxygen atoms in total. The fourth-order valence-electron chi connectivity index (χ4n) is 2.55. The Kier molecular flexibility index (Phi) is 4.83. The van der Waals surface area contributed by atoms with E-state index in [0.717, 1.165) is 50.1 Å². The van der Waals surface area contributed by atoms with Crippen molar-refractivity contribution in [1.82, 2.24) is 4.90 Å². The van der Waals surface area contributed by atoms with Gasteiger partial charge in [-0.05, 0) is 37.0 Å². The van der Waals surface area contributed by atoms with Crippen molar-refractivity contribution in [3.63, 3.8) is 0 Å². The molecule has 19 heavy (non-hydrogen) atoms. The van der Waals surface area contributed by atoms with E-state index in [9.17, 15) is 4.79 Å². The van der Waals surface area contributed by atoms with Crippen LogP contribution in [0.1, 0.15) is 44.1 Å². The molecular weight excluding hydrogens is 238 g/mol. The van der Waals surface area contributed by atoms with E-state index in [1.165, 1.54) is 0 Å². The minimum atomic E-state index is -0.00215. The number of ether oxygens (including phenoxy) is 1. The second-order valence-corrected chi connectivity index (χ2v) is 5.23. The molecule has 1 amide bonds. The molecule has 104 valence electrons. The van der Waals surface area contributed by atoms with Gasteiger partial charge in [0.2, 0.25) is 5.91 Å². The second-order valence-electron chi connectivity index (χ2n) is 5.23. The Balaban J connectivity index is 2.17. The topological polar surface area (TPSA) is 29.5 Å². The molecule has 1 heterocycles. The van der Waals surface area contributed by atoms with E-state index in [0.29, 0.717) is 0 Å². The predicted molar refractivity (Wildman–Crippen MR) is 76.5 cm³/mol. The third-order valence-electron chi connectivity index (χ3n) is 3.64. The maximum atomic E-state index is 12.4. The molecule has 1 aliphatic rings. The SMILES string of the molecule is CCCOc1cccc([C@@H]2CCCCN(C)C2=O)c1. The first-order chi connectivity index (χ1) is 9.22. The maximum Gasteiger partial charge on any atom is 0.229 e. The normalized spacial score (nSPS) is 20.2. The van der Waals surface area contributed by atoms with Crippen molar-refractivity contribution >= 4 is 5.91 Å². The highest BCUT2D eigenvalue weighted by molar-refractivity contribution is 5.83. The molecule has 3 heteroatoms. The number of likely N-dealkylation sites (tertiary alicyclic amines) is 1. The molecule has 0 aliphatic carbocycles. The summed E-state index contributed by atoms with van der Waals surface area (Å²) in [5.74, 6) is 1.11. The molecule has 0 saturated carbocycles. The van der Waals surface area contributed by atoms with Crippen LogP contribution >= 0.6 is 0 Å². The third kappa shape index (κ3) is 3.49. The largest absolute Gasteiger partial charge is 0.494 e. The predicted octanol–water partition coefficient (Wildman–Crippen LogP) is 3.20. The molecule has 1 aromatic carbocycles. The number of carbonyl (C=O) groups excluding carboxylic acids is 1. The Morgan fingerprint density at radius 2 is 2.21 bits per heavy atom. The summed E-state index contributed by atoms with van der Waals surface area (Å²) in [5, 5.41) is 0. The van der Waals surface area contributed by atoms with Gasteiger partial charge < -0.3 is 9.64 Å². The van der Waals surface area contributed by atoms with E-state index in [4.69, 9.17) is 4.74 Å². The maximum absolute atomic E-state index is 12.4. The van der Waals surface area contributed by atoms with Crippen LogP contribution in [0.3, 0.4) is 0 Å². The second kappa shape index (κ2) is 6.60. The molecule has 0 aromatic heterocycles. The smallest absolute Gasteiger partial charge is 0.229 e. The zero-order valence-corrected chi connectivity index (χ0v) is 11.9. The summed E-state index contributed by atoms with van der Waals surface area (Å²) in [4.78, 5) is 14.2. The van der Waals surface area contributed by atoms with E-state index in [1.807, 2.05) is 36.2 Å². The Labute approximate surface area is 115 Å². The van der Waals surface area contributed by atoms with E-state index < -0.39 is 0 Å². The van der Waals surface area contributed by atoms with Crippen molar-refractivity contribution in [3.8, 4) is 5.75 Å². The summed E-state index contributed by atoms with van der Waals surface area (Å²) in [6.07, 6.45) is 4.15. The number of hydrogen-bond donors (Lipinski definition) is 0. The van der Waals surface area contributed by atoms with Crippen molar-refractivity contribution in [3.05, 3.63) is 29.8 Å². The lowest BCUT2D eigenvalue weighted by atomic mass is 9.93. The van der Waals surface area contributed by atoms with Gasteiger partial charge in [-0.25, -0.2) is 0 Å². The number of amides is 1. The van der Waals surface area contributed by atoms with Gasteiger partial charge in [0, 0.05) is 13.6 Å². The van der Waals surface area contributed by atoms with Gasteiger partial charge >= 0.3 is 0 Å².